The lowest BCUT2D eigenvalue weighted by Gasteiger charge is -2.29. The standard InChI is InChI=1S/C25H24ClN3O4/c1-15(30)17-6-5-7-19(14-17)28-23(31)16-10-12-18(13-11-16)27-22-21(26)24(32)29(25(22)33)20-8-3-2-4-9-20/h5-7,10-14,20,27H,2-4,8-9H2,1H3,(H,28,31). The second kappa shape index (κ2) is 9.58. The summed E-state index contributed by atoms with van der Waals surface area (Å²) in [5, 5.41) is 5.59. The van der Waals surface area contributed by atoms with Gasteiger partial charge in [-0.15, -0.1) is 0 Å². The highest BCUT2D eigenvalue weighted by atomic mass is 35.5. The van der Waals surface area contributed by atoms with E-state index in [0.29, 0.717) is 22.5 Å². The van der Waals surface area contributed by atoms with Crippen molar-refractivity contribution in [3.05, 3.63) is 70.4 Å². The molecule has 33 heavy (non-hydrogen) atoms. The topological polar surface area (TPSA) is 95.6 Å². The highest BCUT2D eigenvalue weighted by Gasteiger charge is 2.42. The summed E-state index contributed by atoms with van der Waals surface area (Å²) < 4.78 is 0. The van der Waals surface area contributed by atoms with Crippen molar-refractivity contribution in [3.63, 3.8) is 0 Å². The first kappa shape index (κ1) is 22.7. The number of hydrogen-bond donors (Lipinski definition) is 2. The van der Waals surface area contributed by atoms with E-state index in [4.69, 9.17) is 11.6 Å². The molecule has 2 aromatic rings. The largest absolute Gasteiger partial charge is 0.350 e. The van der Waals surface area contributed by atoms with Crippen molar-refractivity contribution < 1.29 is 19.2 Å². The van der Waals surface area contributed by atoms with Crippen molar-refractivity contribution >= 4 is 46.5 Å². The summed E-state index contributed by atoms with van der Waals surface area (Å²) in [7, 11) is 0. The van der Waals surface area contributed by atoms with E-state index < -0.39 is 11.8 Å². The van der Waals surface area contributed by atoms with Gasteiger partial charge in [0.05, 0.1) is 0 Å². The molecule has 2 aromatic carbocycles. The third kappa shape index (κ3) is 4.83. The van der Waals surface area contributed by atoms with E-state index in [9.17, 15) is 19.2 Å². The van der Waals surface area contributed by atoms with Crippen LogP contribution in [0.25, 0.3) is 0 Å². The van der Waals surface area contributed by atoms with Crippen LogP contribution >= 0.6 is 11.6 Å². The Morgan fingerprint density at radius 1 is 0.909 bits per heavy atom. The molecule has 2 N–H and O–H groups in total. The van der Waals surface area contributed by atoms with Crippen LogP contribution in [-0.4, -0.2) is 34.4 Å². The van der Waals surface area contributed by atoms with Gasteiger partial charge in [0.15, 0.2) is 5.78 Å². The van der Waals surface area contributed by atoms with Gasteiger partial charge in [-0.2, -0.15) is 0 Å². The molecule has 0 atom stereocenters. The first-order chi connectivity index (χ1) is 15.8. The molecule has 4 rings (SSSR count). The first-order valence-electron chi connectivity index (χ1n) is 10.9. The third-order valence-corrected chi connectivity index (χ3v) is 6.29. The lowest BCUT2D eigenvalue weighted by molar-refractivity contribution is -0.140. The molecule has 8 heteroatoms. The summed E-state index contributed by atoms with van der Waals surface area (Å²) in [5.74, 6) is -1.30. The van der Waals surface area contributed by atoms with Gasteiger partial charge in [0.25, 0.3) is 17.7 Å². The molecule has 0 saturated heterocycles. The second-order valence-corrected chi connectivity index (χ2v) is 8.63. The Bertz CT molecular complexity index is 1150. The second-order valence-electron chi connectivity index (χ2n) is 8.25. The smallest absolute Gasteiger partial charge is 0.279 e. The number of carbonyl (C=O) groups excluding carboxylic acids is 4. The predicted octanol–water partition coefficient (Wildman–Crippen LogP) is 4.71. The molecule has 1 aliphatic carbocycles. The van der Waals surface area contributed by atoms with E-state index in [1.165, 1.54) is 11.8 Å². The van der Waals surface area contributed by atoms with Crippen molar-refractivity contribution in [2.45, 2.75) is 45.1 Å². The number of hydrogen-bond acceptors (Lipinski definition) is 5. The minimum absolute atomic E-state index is 0.0606. The van der Waals surface area contributed by atoms with Gasteiger partial charge in [-0.25, -0.2) is 0 Å². The van der Waals surface area contributed by atoms with Gasteiger partial charge >= 0.3 is 0 Å². The first-order valence-corrected chi connectivity index (χ1v) is 11.3. The van der Waals surface area contributed by atoms with Crippen LogP contribution in [0.2, 0.25) is 0 Å². The van der Waals surface area contributed by atoms with Crippen molar-refractivity contribution in [1.82, 2.24) is 4.90 Å². The Hall–Kier alpha value is -3.45. The Morgan fingerprint density at radius 2 is 1.61 bits per heavy atom. The molecular weight excluding hydrogens is 442 g/mol. The average molecular weight is 466 g/mol. The Balaban J connectivity index is 1.43. The average Bonchev–Trinajstić information content (AvgIpc) is 3.03. The fourth-order valence-corrected chi connectivity index (χ4v) is 4.39. The molecule has 0 unspecified atom stereocenters. The lowest BCUT2D eigenvalue weighted by atomic mass is 9.94. The molecule has 0 bridgehead atoms. The number of imide groups is 1. The number of amides is 3. The van der Waals surface area contributed by atoms with Crippen molar-refractivity contribution in [2.75, 3.05) is 10.6 Å². The third-order valence-electron chi connectivity index (χ3n) is 5.94. The van der Waals surface area contributed by atoms with Crippen LogP contribution in [0, 0.1) is 0 Å². The molecule has 2 aliphatic rings. The van der Waals surface area contributed by atoms with E-state index >= 15 is 0 Å². The van der Waals surface area contributed by atoms with Gasteiger partial charge in [-0.3, -0.25) is 24.1 Å². The number of halogens is 1. The summed E-state index contributed by atoms with van der Waals surface area (Å²) in [6.45, 7) is 1.46. The lowest BCUT2D eigenvalue weighted by Crippen LogP contribution is -2.42. The fraction of sp³-hybridized carbons (Fsp3) is 0.280. The fourth-order valence-electron chi connectivity index (χ4n) is 4.17. The number of anilines is 2. The molecule has 1 aliphatic heterocycles. The van der Waals surface area contributed by atoms with E-state index in [1.54, 1.807) is 48.5 Å². The van der Waals surface area contributed by atoms with Gasteiger partial charge in [0.1, 0.15) is 10.7 Å². The molecule has 3 amide bonds. The summed E-state index contributed by atoms with van der Waals surface area (Å²) >= 11 is 6.21. The molecule has 7 nitrogen and oxygen atoms in total. The molecule has 1 fully saturated rings. The van der Waals surface area contributed by atoms with E-state index in [0.717, 1.165) is 32.1 Å². The minimum Gasteiger partial charge on any atom is -0.350 e. The maximum Gasteiger partial charge on any atom is 0.279 e. The summed E-state index contributed by atoms with van der Waals surface area (Å²) in [5.41, 5.74) is 2.02. The van der Waals surface area contributed by atoms with E-state index in [1.807, 2.05) is 0 Å². The van der Waals surface area contributed by atoms with Crippen LogP contribution in [-0.2, 0) is 9.59 Å². The van der Waals surface area contributed by atoms with E-state index in [-0.39, 0.29) is 28.5 Å². The van der Waals surface area contributed by atoms with Gasteiger partial charge < -0.3 is 10.6 Å². The highest BCUT2D eigenvalue weighted by molar-refractivity contribution is 6.48. The number of nitrogens with one attached hydrogen (secondary N) is 2. The summed E-state index contributed by atoms with van der Waals surface area (Å²) in [6, 6.07) is 13.1. The summed E-state index contributed by atoms with van der Waals surface area (Å²) in [4.78, 5) is 50.9. The number of benzene rings is 2. The number of rotatable bonds is 6. The molecule has 1 saturated carbocycles. The van der Waals surface area contributed by atoms with Gasteiger partial charge in [-0.05, 0) is 56.2 Å². The Kier molecular flexibility index (Phi) is 6.60. The molecule has 0 radical (unpaired) electrons. The predicted molar refractivity (Wildman–Crippen MR) is 126 cm³/mol. The summed E-state index contributed by atoms with van der Waals surface area (Å²) in [6.07, 6.45) is 4.69. The zero-order valence-corrected chi connectivity index (χ0v) is 18.9. The van der Waals surface area contributed by atoms with Gasteiger partial charge in [0, 0.05) is 28.5 Å². The highest BCUT2D eigenvalue weighted by Crippen LogP contribution is 2.32. The number of ketones is 1. The van der Waals surface area contributed by atoms with Crippen LogP contribution in [0.5, 0.6) is 0 Å². The van der Waals surface area contributed by atoms with Crippen LogP contribution in [0.3, 0.4) is 0 Å². The quantitative estimate of drug-likeness (QED) is 0.476. The maximum atomic E-state index is 12.9. The van der Waals surface area contributed by atoms with Crippen molar-refractivity contribution in [1.29, 1.82) is 0 Å². The number of Topliss-reactive ketones (excluding diaryl/α,β-unsaturated/α-hetero) is 1. The Morgan fingerprint density at radius 3 is 2.27 bits per heavy atom. The van der Waals surface area contributed by atoms with Crippen LogP contribution in [0.1, 0.15) is 59.7 Å². The number of carbonyl (C=O) groups is 4. The monoisotopic (exact) mass is 465 g/mol. The molecule has 0 spiro atoms. The van der Waals surface area contributed by atoms with Crippen LogP contribution in [0.4, 0.5) is 11.4 Å². The zero-order chi connectivity index (χ0) is 23.5. The van der Waals surface area contributed by atoms with Crippen LogP contribution < -0.4 is 10.6 Å². The molecule has 170 valence electrons. The van der Waals surface area contributed by atoms with Crippen molar-refractivity contribution in [3.8, 4) is 0 Å². The molecule has 1 heterocycles. The van der Waals surface area contributed by atoms with Gasteiger partial charge in [-0.1, -0.05) is 43.0 Å². The number of nitrogens with zero attached hydrogens (tertiary/aromatic N) is 1. The minimum atomic E-state index is -0.458. The van der Waals surface area contributed by atoms with Crippen molar-refractivity contribution in [2.24, 2.45) is 0 Å². The normalized spacial score (nSPS) is 16.8. The van der Waals surface area contributed by atoms with Crippen LogP contribution in [0.15, 0.2) is 59.3 Å². The molecular formula is C25H24ClN3O4. The SMILES string of the molecule is CC(=O)c1cccc(NC(=O)c2ccc(NC3=C(Cl)C(=O)N(C4CCCCC4)C3=O)cc2)c1. The van der Waals surface area contributed by atoms with Gasteiger partial charge in [0.2, 0.25) is 0 Å². The Labute approximate surface area is 196 Å². The maximum absolute atomic E-state index is 12.9. The zero-order valence-electron chi connectivity index (χ0n) is 18.2. The molecule has 0 aromatic heterocycles. The van der Waals surface area contributed by atoms with E-state index in [2.05, 4.69) is 10.6 Å².